The van der Waals surface area contributed by atoms with Crippen LogP contribution in [0.1, 0.15) is 17.5 Å². The first-order valence-corrected chi connectivity index (χ1v) is 9.49. The summed E-state index contributed by atoms with van der Waals surface area (Å²) in [5.74, 6) is 0. The average molecular weight is 372 g/mol. The van der Waals surface area contributed by atoms with Gasteiger partial charge in [0.25, 0.3) is 0 Å². The van der Waals surface area contributed by atoms with Crippen LogP contribution in [-0.4, -0.2) is 35.9 Å². The van der Waals surface area contributed by atoms with Crippen LogP contribution in [0.15, 0.2) is 54.7 Å². The summed E-state index contributed by atoms with van der Waals surface area (Å²) < 4.78 is 2.30. The van der Waals surface area contributed by atoms with E-state index in [-0.39, 0.29) is 6.61 Å². The standard InChI is InChI=1S/C21H26ClN3O/c22-19-8-6-17(7-9-19)15-25-16-18(20-4-1-2-5-21(20)25)14-24-11-3-10-23-12-13-26/h1-2,4-9,16,23-24,26H,3,10-15H2. The van der Waals surface area contributed by atoms with E-state index in [9.17, 15) is 0 Å². The number of para-hydroxylation sites is 1. The molecule has 1 aromatic heterocycles. The highest BCUT2D eigenvalue weighted by Crippen LogP contribution is 2.22. The Kier molecular flexibility index (Phi) is 7.09. The van der Waals surface area contributed by atoms with Crippen LogP contribution in [-0.2, 0) is 13.1 Å². The van der Waals surface area contributed by atoms with Crippen molar-refractivity contribution in [1.82, 2.24) is 15.2 Å². The molecule has 0 amide bonds. The minimum atomic E-state index is 0.195. The fraction of sp³-hybridized carbons (Fsp3) is 0.333. The normalized spacial score (nSPS) is 11.3. The predicted molar refractivity (Wildman–Crippen MR) is 109 cm³/mol. The van der Waals surface area contributed by atoms with Crippen LogP contribution >= 0.6 is 11.6 Å². The lowest BCUT2D eigenvalue weighted by Crippen LogP contribution is -2.23. The molecule has 0 bridgehead atoms. The quantitative estimate of drug-likeness (QED) is 0.479. The van der Waals surface area contributed by atoms with Gasteiger partial charge >= 0.3 is 0 Å². The van der Waals surface area contributed by atoms with Crippen molar-refractivity contribution in [3.8, 4) is 0 Å². The number of fused-ring (bicyclic) bond motifs is 1. The average Bonchev–Trinajstić information content (AvgIpc) is 3.01. The zero-order chi connectivity index (χ0) is 18.2. The number of hydrogen-bond acceptors (Lipinski definition) is 3. The number of rotatable bonds is 10. The Morgan fingerprint density at radius 2 is 1.69 bits per heavy atom. The number of nitrogens with one attached hydrogen (secondary N) is 2. The van der Waals surface area contributed by atoms with E-state index in [0.29, 0.717) is 6.54 Å². The molecule has 0 atom stereocenters. The van der Waals surface area contributed by atoms with Crippen molar-refractivity contribution in [2.45, 2.75) is 19.5 Å². The molecule has 3 rings (SSSR count). The molecular formula is C21H26ClN3O. The van der Waals surface area contributed by atoms with Gasteiger partial charge in [0.2, 0.25) is 0 Å². The molecule has 0 unspecified atom stereocenters. The van der Waals surface area contributed by atoms with Gasteiger partial charge in [-0.05, 0) is 48.8 Å². The smallest absolute Gasteiger partial charge is 0.0555 e. The van der Waals surface area contributed by atoms with Crippen molar-refractivity contribution < 1.29 is 5.11 Å². The lowest BCUT2D eigenvalue weighted by molar-refractivity contribution is 0.292. The van der Waals surface area contributed by atoms with Crippen molar-refractivity contribution in [3.05, 3.63) is 70.9 Å². The summed E-state index contributed by atoms with van der Waals surface area (Å²) in [6, 6.07) is 16.6. The summed E-state index contributed by atoms with van der Waals surface area (Å²) >= 11 is 5.99. The third-order valence-electron chi connectivity index (χ3n) is 4.45. The molecule has 0 aliphatic heterocycles. The van der Waals surface area contributed by atoms with E-state index in [1.807, 2.05) is 12.1 Å². The van der Waals surface area contributed by atoms with Gasteiger partial charge in [-0.25, -0.2) is 0 Å². The highest BCUT2D eigenvalue weighted by atomic mass is 35.5. The second kappa shape index (κ2) is 9.74. The molecule has 2 aromatic carbocycles. The van der Waals surface area contributed by atoms with Gasteiger partial charge in [-0.3, -0.25) is 0 Å². The predicted octanol–water partition coefficient (Wildman–Crippen LogP) is 3.40. The van der Waals surface area contributed by atoms with Gasteiger partial charge in [-0.15, -0.1) is 0 Å². The van der Waals surface area contributed by atoms with E-state index < -0.39 is 0 Å². The minimum absolute atomic E-state index is 0.195. The fourth-order valence-electron chi connectivity index (χ4n) is 3.15. The Hall–Kier alpha value is -1.85. The van der Waals surface area contributed by atoms with Crippen LogP contribution in [0, 0.1) is 0 Å². The second-order valence-corrected chi connectivity index (χ2v) is 6.87. The third kappa shape index (κ3) is 5.08. The maximum atomic E-state index is 8.75. The number of hydrogen-bond donors (Lipinski definition) is 3. The zero-order valence-corrected chi connectivity index (χ0v) is 15.7. The summed E-state index contributed by atoms with van der Waals surface area (Å²) in [6.07, 6.45) is 3.29. The maximum Gasteiger partial charge on any atom is 0.0555 e. The summed E-state index contributed by atoms with van der Waals surface area (Å²) in [6.45, 7) is 4.43. The van der Waals surface area contributed by atoms with Crippen molar-refractivity contribution in [2.24, 2.45) is 0 Å². The molecule has 0 radical (unpaired) electrons. The molecule has 0 saturated heterocycles. The molecule has 4 nitrogen and oxygen atoms in total. The number of benzene rings is 2. The van der Waals surface area contributed by atoms with Crippen LogP contribution in [0.25, 0.3) is 10.9 Å². The van der Waals surface area contributed by atoms with E-state index in [1.54, 1.807) is 0 Å². The van der Waals surface area contributed by atoms with Gasteiger partial charge < -0.3 is 20.3 Å². The summed E-state index contributed by atoms with van der Waals surface area (Å²) in [7, 11) is 0. The molecule has 26 heavy (non-hydrogen) atoms. The first-order chi connectivity index (χ1) is 12.8. The molecule has 3 N–H and O–H groups in total. The van der Waals surface area contributed by atoms with E-state index in [0.717, 1.165) is 37.6 Å². The van der Waals surface area contributed by atoms with E-state index >= 15 is 0 Å². The Bertz CT molecular complexity index is 814. The fourth-order valence-corrected chi connectivity index (χ4v) is 3.27. The van der Waals surface area contributed by atoms with Gasteiger partial charge in [-0.2, -0.15) is 0 Å². The lowest BCUT2D eigenvalue weighted by Gasteiger charge is -2.06. The highest BCUT2D eigenvalue weighted by molar-refractivity contribution is 6.30. The Labute approximate surface area is 159 Å². The molecule has 0 fully saturated rings. The first-order valence-electron chi connectivity index (χ1n) is 9.11. The lowest BCUT2D eigenvalue weighted by atomic mass is 10.2. The topological polar surface area (TPSA) is 49.2 Å². The SMILES string of the molecule is OCCNCCCNCc1cn(Cc2ccc(Cl)cc2)c2ccccc12. The largest absolute Gasteiger partial charge is 0.395 e. The van der Waals surface area contributed by atoms with Crippen molar-refractivity contribution in [2.75, 3.05) is 26.2 Å². The van der Waals surface area contributed by atoms with Gasteiger partial charge in [0, 0.05) is 41.8 Å². The number of aliphatic hydroxyl groups excluding tert-OH is 1. The first kappa shape index (κ1) is 18.9. The number of aliphatic hydroxyl groups is 1. The van der Waals surface area contributed by atoms with E-state index in [4.69, 9.17) is 16.7 Å². The van der Waals surface area contributed by atoms with Gasteiger partial charge in [0.15, 0.2) is 0 Å². The van der Waals surface area contributed by atoms with Crippen LogP contribution in [0.3, 0.4) is 0 Å². The van der Waals surface area contributed by atoms with Crippen LogP contribution in [0.5, 0.6) is 0 Å². The van der Waals surface area contributed by atoms with E-state index in [1.165, 1.54) is 22.0 Å². The summed E-state index contributed by atoms with van der Waals surface area (Å²) in [5, 5.41) is 17.5. The summed E-state index contributed by atoms with van der Waals surface area (Å²) in [4.78, 5) is 0. The van der Waals surface area contributed by atoms with Gasteiger partial charge in [-0.1, -0.05) is 41.9 Å². The Balaban J connectivity index is 1.64. The molecule has 138 valence electrons. The van der Waals surface area contributed by atoms with Crippen molar-refractivity contribution in [3.63, 3.8) is 0 Å². The second-order valence-electron chi connectivity index (χ2n) is 6.43. The summed E-state index contributed by atoms with van der Waals surface area (Å²) in [5.41, 5.74) is 3.81. The van der Waals surface area contributed by atoms with Gasteiger partial charge in [0.1, 0.15) is 0 Å². The molecule has 0 spiro atoms. The monoisotopic (exact) mass is 371 g/mol. The molecule has 1 heterocycles. The Morgan fingerprint density at radius 1 is 0.923 bits per heavy atom. The number of aromatic nitrogens is 1. The zero-order valence-electron chi connectivity index (χ0n) is 14.9. The van der Waals surface area contributed by atoms with Crippen LogP contribution < -0.4 is 10.6 Å². The minimum Gasteiger partial charge on any atom is -0.395 e. The number of halogens is 1. The van der Waals surface area contributed by atoms with Crippen molar-refractivity contribution >= 4 is 22.5 Å². The number of nitrogens with zero attached hydrogens (tertiary/aromatic N) is 1. The molecule has 5 heteroatoms. The molecule has 0 saturated carbocycles. The Morgan fingerprint density at radius 3 is 2.50 bits per heavy atom. The molecule has 0 aliphatic carbocycles. The van der Waals surface area contributed by atoms with E-state index in [2.05, 4.69) is 57.8 Å². The molecule has 0 aliphatic rings. The maximum absolute atomic E-state index is 8.75. The third-order valence-corrected chi connectivity index (χ3v) is 4.70. The highest BCUT2D eigenvalue weighted by Gasteiger charge is 2.08. The van der Waals surface area contributed by atoms with Crippen LogP contribution in [0.2, 0.25) is 5.02 Å². The van der Waals surface area contributed by atoms with Crippen molar-refractivity contribution in [1.29, 1.82) is 0 Å². The van der Waals surface area contributed by atoms with Gasteiger partial charge in [0.05, 0.1) is 6.61 Å². The molecule has 3 aromatic rings. The molecular weight excluding hydrogens is 346 g/mol. The van der Waals surface area contributed by atoms with Crippen LogP contribution in [0.4, 0.5) is 0 Å².